The average Bonchev–Trinajstić information content (AvgIpc) is 3.28. The van der Waals surface area contributed by atoms with Gasteiger partial charge in [0.05, 0.1) is 5.69 Å². The van der Waals surface area contributed by atoms with Gasteiger partial charge in [0.25, 0.3) is 5.91 Å². The first-order valence-electron chi connectivity index (χ1n) is 9.32. The lowest BCUT2D eigenvalue weighted by molar-refractivity contribution is 0.0951. The number of nitrogens with zero attached hydrogens (tertiary/aromatic N) is 6. The number of carbonyl (C=O) groups excluding carboxylic acids is 1. The number of hydrogen-bond acceptors (Lipinski definition) is 6. The number of carbonyl (C=O) groups is 1. The number of hydrogen-bond donors (Lipinski definition) is 1. The molecule has 0 saturated heterocycles. The van der Waals surface area contributed by atoms with Crippen molar-refractivity contribution in [2.75, 3.05) is 0 Å². The Morgan fingerprint density at radius 3 is 2.46 bits per heavy atom. The number of nitrogens with one attached hydrogen (secondary N) is 1. The first-order valence-corrected chi connectivity index (χ1v) is 9.32. The van der Waals surface area contributed by atoms with E-state index in [1.807, 2.05) is 32.4 Å². The summed E-state index contributed by atoms with van der Waals surface area (Å²) in [5.74, 6) is 1.17. The maximum Gasteiger partial charge on any atom is 0.251 e. The van der Waals surface area contributed by atoms with Crippen molar-refractivity contribution in [1.29, 1.82) is 0 Å². The van der Waals surface area contributed by atoms with Crippen LogP contribution in [0.5, 0.6) is 5.75 Å². The molecule has 9 nitrogen and oxygen atoms in total. The molecular weight excluding hydrogens is 358 g/mol. The zero-order valence-corrected chi connectivity index (χ0v) is 16.6. The largest absolute Gasteiger partial charge is 0.486 e. The maximum atomic E-state index is 12.4. The second kappa shape index (κ2) is 8.64. The molecular formula is C19H25N7O2. The van der Waals surface area contributed by atoms with Crippen molar-refractivity contribution in [3.63, 3.8) is 0 Å². The summed E-state index contributed by atoms with van der Waals surface area (Å²) in [6, 6.07) is 7.01. The van der Waals surface area contributed by atoms with Crippen LogP contribution in [0.1, 0.15) is 47.0 Å². The van der Waals surface area contributed by atoms with Crippen LogP contribution >= 0.6 is 0 Å². The van der Waals surface area contributed by atoms with Gasteiger partial charge in [0.1, 0.15) is 12.4 Å². The summed E-state index contributed by atoms with van der Waals surface area (Å²) in [5, 5.41) is 18.9. The molecule has 0 bridgehead atoms. The van der Waals surface area contributed by atoms with Crippen molar-refractivity contribution in [3.8, 4) is 5.75 Å². The minimum Gasteiger partial charge on any atom is -0.486 e. The minimum atomic E-state index is -0.135. The van der Waals surface area contributed by atoms with Crippen LogP contribution in [-0.2, 0) is 26.2 Å². The Morgan fingerprint density at radius 2 is 1.82 bits per heavy atom. The summed E-state index contributed by atoms with van der Waals surface area (Å²) >= 11 is 0. The van der Waals surface area contributed by atoms with Crippen molar-refractivity contribution in [2.45, 2.75) is 53.9 Å². The second-order valence-corrected chi connectivity index (χ2v) is 6.37. The second-order valence-electron chi connectivity index (χ2n) is 6.37. The Bertz CT molecular complexity index is 944. The summed E-state index contributed by atoms with van der Waals surface area (Å²) in [4.78, 5) is 12.4. The zero-order valence-electron chi connectivity index (χ0n) is 16.6. The van der Waals surface area contributed by atoms with Crippen molar-refractivity contribution in [2.24, 2.45) is 0 Å². The van der Waals surface area contributed by atoms with Gasteiger partial charge in [0.15, 0.2) is 5.82 Å². The van der Waals surface area contributed by atoms with Gasteiger partial charge in [0, 0.05) is 36.5 Å². The molecule has 0 saturated carbocycles. The quantitative estimate of drug-likeness (QED) is 0.639. The monoisotopic (exact) mass is 383 g/mol. The van der Waals surface area contributed by atoms with E-state index < -0.39 is 0 Å². The van der Waals surface area contributed by atoms with Crippen LogP contribution in [-0.4, -0.2) is 35.9 Å². The number of amides is 1. The van der Waals surface area contributed by atoms with Gasteiger partial charge < -0.3 is 10.1 Å². The molecule has 0 fully saturated rings. The molecule has 0 atom stereocenters. The van der Waals surface area contributed by atoms with Gasteiger partial charge in [-0.3, -0.25) is 9.48 Å². The summed E-state index contributed by atoms with van der Waals surface area (Å²) in [6.45, 7) is 10.2. The first-order chi connectivity index (χ1) is 13.5. The van der Waals surface area contributed by atoms with Crippen molar-refractivity contribution in [3.05, 3.63) is 52.6 Å². The molecule has 0 aliphatic heterocycles. The Balaban J connectivity index is 1.57. The molecule has 28 heavy (non-hydrogen) atoms. The lowest BCUT2D eigenvalue weighted by Gasteiger charge is -2.08. The molecule has 9 heteroatoms. The summed E-state index contributed by atoms with van der Waals surface area (Å²) in [5.41, 5.74) is 3.66. The van der Waals surface area contributed by atoms with Crippen LogP contribution in [0.15, 0.2) is 24.3 Å². The van der Waals surface area contributed by atoms with E-state index in [0.717, 1.165) is 23.5 Å². The van der Waals surface area contributed by atoms with E-state index in [0.29, 0.717) is 30.2 Å². The minimum absolute atomic E-state index is 0.135. The van der Waals surface area contributed by atoms with Gasteiger partial charge in [-0.25, -0.2) is 4.68 Å². The first kappa shape index (κ1) is 19.5. The van der Waals surface area contributed by atoms with E-state index in [-0.39, 0.29) is 12.5 Å². The molecule has 2 aromatic heterocycles. The van der Waals surface area contributed by atoms with E-state index in [1.165, 1.54) is 0 Å². The van der Waals surface area contributed by atoms with Crippen molar-refractivity contribution < 1.29 is 9.53 Å². The molecule has 0 aliphatic rings. The van der Waals surface area contributed by atoms with Gasteiger partial charge in [-0.2, -0.15) is 5.10 Å². The van der Waals surface area contributed by atoms with Gasteiger partial charge in [-0.15, -0.1) is 5.10 Å². The van der Waals surface area contributed by atoms with Crippen LogP contribution in [0.2, 0.25) is 0 Å². The molecule has 0 unspecified atom stereocenters. The Morgan fingerprint density at radius 1 is 1.11 bits per heavy atom. The highest BCUT2D eigenvalue weighted by Gasteiger charge is 2.13. The number of ether oxygens (including phenoxy) is 1. The predicted octanol–water partition coefficient (Wildman–Crippen LogP) is 2.04. The number of aromatic nitrogens is 6. The lowest BCUT2D eigenvalue weighted by Crippen LogP contribution is -2.23. The number of aryl methyl sites for hydroxylation is 3. The zero-order chi connectivity index (χ0) is 20.1. The van der Waals surface area contributed by atoms with Crippen LogP contribution < -0.4 is 10.1 Å². The van der Waals surface area contributed by atoms with Crippen LogP contribution in [0, 0.1) is 13.8 Å². The van der Waals surface area contributed by atoms with Crippen LogP contribution in [0.4, 0.5) is 0 Å². The summed E-state index contributed by atoms with van der Waals surface area (Å²) < 4.78 is 9.31. The highest BCUT2D eigenvalue weighted by molar-refractivity contribution is 5.94. The molecule has 0 radical (unpaired) electrons. The third kappa shape index (κ3) is 4.19. The molecule has 0 spiro atoms. The average molecular weight is 383 g/mol. The fourth-order valence-electron chi connectivity index (χ4n) is 2.99. The third-order valence-electron chi connectivity index (χ3n) is 4.65. The van der Waals surface area contributed by atoms with Gasteiger partial charge in [-0.05, 0) is 62.4 Å². The van der Waals surface area contributed by atoms with Crippen LogP contribution in [0.25, 0.3) is 0 Å². The Hall–Kier alpha value is -3.23. The highest BCUT2D eigenvalue weighted by atomic mass is 16.5. The van der Waals surface area contributed by atoms with E-state index in [2.05, 4.69) is 25.9 Å². The number of rotatable bonds is 8. The number of tetrazole rings is 1. The van der Waals surface area contributed by atoms with Crippen LogP contribution in [0.3, 0.4) is 0 Å². The van der Waals surface area contributed by atoms with Crippen molar-refractivity contribution in [1.82, 2.24) is 35.3 Å². The van der Waals surface area contributed by atoms with E-state index in [1.54, 1.807) is 28.9 Å². The van der Waals surface area contributed by atoms with E-state index in [9.17, 15) is 4.79 Å². The standard InChI is InChI=1S/C19H25N7O2/c1-5-25-14(4)17(13(3)22-25)11-20-19(27)15-7-9-16(10-8-15)28-12-18-21-23-24-26(18)6-2/h7-10H,5-6,11-12H2,1-4H3,(H,20,27). The topological polar surface area (TPSA) is 99.8 Å². The molecule has 1 N–H and O–H groups in total. The van der Waals surface area contributed by atoms with Gasteiger partial charge >= 0.3 is 0 Å². The molecule has 3 aromatic rings. The maximum absolute atomic E-state index is 12.4. The highest BCUT2D eigenvalue weighted by Crippen LogP contribution is 2.15. The lowest BCUT2D eigenvalue weighted by atomic mass is 10.1. The number of benzene rings is 1. The van der Waals surface area contributed by atoms with Gasteiger partial charge in [0.2, 0.25) is 0 Å². The van der Waals surface area contributed by atoms with Gasteiger partial charge in [-0.1, -0.05) is 0 Å². The summed E-state index contributed by atoms with van der Waals surface area (Å²) in [6.07, 6.45) is 0. The molecule has 2 heterocycles. The molecule has 0 aliphatic carbocycles. The third-order valence-corrected chi connectivity index (χ3v) is 4.65. The molecule has 148 valence electrons. The molecule has 3 rings (SSSR count). The summed E-state index contributed by atoms with van der Waals surface area (Å²) in [7, 11) is 0. The fraction of sp³-hybridized carbons (Fsp3) is 0.421. The fourth-order valence-corrected chi connectivity index (χ4v) is 2.99. The van der Waals surface area contributed by atoms with Crippen molar-refractivity contribution >= 4 is 5.91 Å². The Kier molecular flexibility index (Phi) is 6.03. The normalized spacial score (nSPS) is 10.9. The van der Waals surface area contributed by atoms with E-state index in [4.69, 9.17) is 4.74 Å². The molecule has 1 amide bonds. The SMILES string of the molecule is CCn1nnnc1COc1ccc(C(=O)NCc2c(C)nn(CC)c2C)cc1. The molecule has 1 aromatic carbocycles. The predicted molar refractivity (Wildman–Crippen MR) is 103 cm³/mol. The smallest absolute Gasteiger partial charge is 0.251 e. The van der Waals surface area contributed by atoms with E-state index >= 15 is 0 Å². The Labute approximate surface area is 163 Å².